The van der Waals surface area contributed by atoms with Crippen molar-refractivity contribution in [1.29, 1.82) is 0 Å². The van der Waals surface area contributed by atoms with Crippen molar-refractivity contribution in [2.45, 2.75) is 19.8 Å². The summed E-state index contributed by atoms with van der Waals surface area (Å²) in [5, 5.41) is 11.7. The van der Waals surface area contributed by atoms with Gasteiger partial charge >= 0.3 is 0 Å². The van der Waals surface area contributed by atoms with Crippen molar-refractivity contribution >= 4 is 21.6 Å². The maximum absolute atomic E-state index is 5.75. The number of hydrogen-bond donors (Lipinski definition) is 1. The van der Waals surface area contributed by atoms with Crippen LogP contribution >= 0.6 is 15.9 Å². The highest BCUT2D eigenvalue weighted by Crippen LogP contribution is 2.23. The van der Waals surface area contributed by atoms with Gasteiger partial charge in [0.15, 0.2) is 5.82 Å². The van der Waals surface area contributed by atoms with E-state index in [0.29, 0.717) is 5.69 Å². The molecule has 2 rings (SSSR count). The maximum Gasteiger partial charge on any atom is 0.156 e. The molecule has 1 aromatic carbocycles. The summed E-state index contributed by atoms with van der Waals surface area (Å²) in [6, 6.07) is 5.57. The summed E-state index contributed by atoms with van der Waals surface area (Å²) in [6.07, 6.45) is 1.84. The molecule has 0 aliphatic heterocycles. The Morgan fingerprint density at radius 1 is 1.44 bits per heavy atom. The number of benzene rings is 1. The van der Waals surface area contributed by atoms with Crippen LogP contribution in [0.3, 0.4) is 0 Å². The van der Waals surface area contributed by atoms with Gasteiger partial charge in [0.2, 0.25) is 0 Å². The van der Waals surface area contributed by atoms with Crippen LogP contribution in [0, 0.1) is 0 Å². The molecule has 2 N–H and O–H groups in total. The molecule has 0 bridgehead atoms. The molecule has 5 nitrogen and oxygen atoms in total. The molecule has 1 aromatic heterocycles. The van der Waals surface area contributed by atoms with Gasteiger partial charge in [-0.1, -0.05) is 6.92 Å². The SMILES string of the molecule is CCCc1nnnn1-c1cc(N)ccc1Br. The Kier molecular flexibility index (Phi) is 3.19. The van der Waals surface area contributed by atoms with Gasteiger partial charge in [0, 0.05) is 16.6 Å². The van der Waals surface area contributed by atoms with Crippen molar-refractivity contribution in [3.63, 3.8) is 0 Å². The molecule has 0 saturated carbocycles. The first kappa shape index (κ1) is 11.1. The maximum atomic E-state index is 5.75. The van der Waals surface area contributed by atoms with Crippen LogP contribution in [0.1, 0.15) is 19.2 Å². The predicted molar refractivity (Wildman–Crippen MR) is 65.3 cm³/mol. The number of nitrogen functional groups attached to an aromatic ring is 1. The Labute approximate surface area is 102 Å². The Hall–Kier alpha value is -1.43. The lowest BCUT2D eigenvalue weighted by Gasteiger charge is -2.06. The second kappa shape index (κ2) is 4.61. The number of nitrogens with two attached hydrogens (primary N) is 1. The average Bonchev–Trinajstić information content (AvgIpc) is 2.70. The van der Waals surface area contributed by atoms with E-state index in [1.165, 1.54) is 0 Å². The molecule has 16 heavy (non-hydrogen) atoms. The van der Waals surface area contributed by atoms with E-state index in [2.05, 4.69) is 38.4 Å². The largest absolute Gasteiger partial charge is 0.399 e. The molecule has 0 fully saturated rings. The van der Waals surface area contributed by atoms with Crippen LogP contribution < -0.4 is 5.73 Å². The Morgan fingerprint density at radius 3 is 3.00 bits per heavy atom. The van der Waals surface area contributed by atoms with Crippen molar-refractivity contribution in [1.82, 2.24) is 20.2 Å². The third-order valence-electron chi connectivity index (χ3n) is 2.21. The van der Waals surface area contributed by atoms with Crippen LogP contribution in [0.25, 0.3) is 5.69 Å². The van der Waals surface area contributed by atoms with Gasteiger partial charge in [-0.3, -0.25) is 0 Å². The minimum atomic E-state index is 0.691. The van der Waals surface area contributed by atoms with Crippen molar-refractivity contribution in [2.24, 2.45) is 0 Å². The Bertz CT molecular complexity index is 494. The van der Waals surface area contributed by atoms with E-state index in [-0.39, 0.29) is 0 Å². The molecule has 0 unspecified atom stereocenters. The van der Waals surface area contributed by atoms with Gasteiger partial charge in [0.1, 0.15) is 0 Å². The highest BCUT2D eigenvalue weighted by atomic mass is 79.9. The zero-order chi connectivity index (χ0) is 11.5. The second-order valence-electron chi connectivity index (χ2n) is 3.47. The first-order valence-corrected chi connectivity index (χ1v) is 5.84. The average molecular weight is 282 g/mol. The molecular weight excluding hydrogens is 270 g/mol. The number of halogens is 1. The van der Waals surface area contributed by atoms with E-state index in [9.17, 15) is 0 Å². The van der Waals surface area contributed by atoms with E-state index in [0.717, 1.165) is 28.8 Å². The molecule has 2 aromatic rings. The lowest BCUT2D eigenvalue weighted by atomic mass is 10.2. The monoisotopic (exact) mass is 281 g/mol. The standard InChI is InChI=1S/C10H12BrN5/c1-2-3-10-13-14-15-16(10)9-6-7(12)4-5-8(9)11/h4-6H,2-3,12H2,1H3. The van der Waals surface area contributed by atoms with Crippen molar-refractivity contribution in [3.05, 3.63) is 28.5 Å². The molecule has 0 spiro atoms. The van der Waals surface area contributed by atoms with Crippen LogP contribution in [0.15, 0.2) is 22.7 Å². The number of rotatable bonds is 3. The van der Waals surface area contributed by atoms with E-state index in [4.69, 9.17) is 5.73 Å². The van der Waals surface area contributed by atoms with Gasteiger partial charge < -0.3 is 5.73 Å². The predicted octanol–water partition coefficient (Wildman–Crippen LogP) is 1.96. The van der Waals surface area contributed by atoms with Crippen LogP contribution in [-0.2, 0) is 6.42 Å². The number of aryl methyl sites for hydroxylation is 1. The molecule has 84 valence electrons. The zero-order valence-corrected chi connectivity index (χ0v) is 10.5. The third-order valence-corrected chi connectivity index (χ3v) is 2.88. The molecule has 0 aliphatic rings. The fourth-order valence-electron chi connectivity index (χ4n) is 1.46. The summed E-state index contributed by atoms with van der Waals surface area (Å²) in [4.78, 5) is 0. The molecule has 1 heterocycles. The summed E-state index contributed by atoms with van der Waals surface area (Å²) >= 11 is 3.47. The zero-order valence-electron chi connectivity index (χ0n) is 8.89. The van der Waals surface area contributed by atoms with E-state index in [1.807, 2.05) is 18.2 Å². The molecule has 6 heteroatoms. The summed E-state index contributed by atoms with van der Waals surface area (Å²) in [6.45, 7) is 2.09. The fraction of sp³-hybridized carbons (Fsp3) is 0.300. The Morgan fingerprint density at radius 2 is 2.25 bits per heavy atom. The minimum Gasteiger partial charge on any atom is -0.399 e. The first-order valence-electron chi connectivity index (χ1n) is 5.05. The van der Waals surface area contributed by atoms with Gasteiger partial charge in [-0.2, -0.15) is 4.68 Å². The highest BCUT2D eigenvalue weighted by molar-refractivity contribution is 9.10. The summed E-state index contributed by atoms with van der Waals surface area (Å²) in [5.41, 5.74) is 7.31. The summed E-state index contributed by atoms with van der Waals surface area (Å²) < 4.78 is 2.63. The topological polar surface area (TPSA) is 69.6 Å². The lowest BCUT2D eigenvalue weighted by Crippen LogP contribution is -2.04. The van der Waals surface area contributed by atoms with Crippen LogP contribution in [-0.4, -0.2) is 20.2 Å². The number of aromatic nitrogens is 4. The normalized spacial score (nSPS) is 10.6. The number of hydrogen-bond acceptors (Lipinski definition) is 4. The van der Waals surface area contributed by atoms with Crippen molar-refractivity contribution < 1.29 is 0 Å². The van der Waals surface area contributed by atoms with Crippen molar-refractivity contribution in [2.75, 3.05) is 5.73 Å². The quantitative estimate of drug-likeness (QED) is 0.874. The molecular formula is C10H12BrN5. The number of tetrazole rings is 1. The van der Waals surface area contributed by atoms with E-state index >= 15 is 0 Å². The Balaban J connectivity index is 2.49. The van der Waals surface area contributed by atoms with Crippen molar-refractivity contribution in [3.8, 4) is 5.69 Å². The summed E-state index contributed by atoms with van der Waals surface area (Å²) in [5.74, 6) is 0.841. The molecule has 0 atom stereocenters. The van der Waals surface area contributed by atoms with Crippen LogP contribution in [0.4, 0.5) is 5.69 Å². The second-order valence-corrected chi connectivity index (χ2v) is 4.32. The number of anilines is 1. The fourth-order valence-corrected chi connectivity index (χ4v) is 1.88. The highest BCUT2D eigenvalue weighted by Gasteiger charge is 2.10. The van der Waals surface area contributed by atoms with Crippen LogP contribution in [0.5, 0.6) is 0 Å². The lowest BCUT2D eigenvalue weighted by molar-refractivity contribution is 0.743. The molecule has 0 aliphatic carbocycles. The van der Waals surface area contributed by atoms with E-state index in [1.54, 1.807) is 4.68 Å². The number of nitrogens with zero attached hydrogens (tertiary/aromatic N) is 4. The smallest absolute Gasteiger partial charge is 0.156 e. The summed E-state index contributed by atoms with van der Waals surface area (Å²) in [7, 11) is 0. The van der Waals surface area contributed by atoms with Gasteiger partial charge in [0.05, 0.1) is 5.69 Å². The van der Waals surface area contributed by atoms with Gasteiger partial charge in [-0.15, -0.1) is 5.10 Å². The van der Waals surface area contributed by atoms with E-state index < -0.39 is 0 Å². The van der Waals surface area contributed by atoms with Gasteiger partial charge in [-0.05, 0) is 51.0 Å². The third kappa shape index (κ3) is 2.06. The van der Waals surface area contributed by atoms with Gasteiger partial charge in [-0.25, -0.2) is 0 Å². The minimum absolute atomic E-state index is 0.691. The molecule has 0 radical (unpaired) electrons. The molecule has 0 amide bonds. The first-order chi connectivity index (χ1) is 7.72. The van der Waals surface area contributed by atoms with Crippen LogP contribution in [0.2, 0.25) is 0 Å². The van der Waals surface area contributed by atoms with Gasteiger partial charge in [0.25, 0.3) is 0 Å². The molecule has 0 saturated heterocycles.